The van der Waals surface area contributed by atoms with Crippen molar-refractivity contribution in [2.75, 3.05) is 11.4 Å². The van der Waals surface area contributed by atoms with Crippen LogP contribution in [0, 0.1) is 11.6 Å². The molecule has 0 bridgehead atoms. The third-order valence-corrected chi connectivity index (χ3v) is 5.26. The molecule has 29 heavy (non-hydrogen) atoms. The van der Waals surface area contributed by atoms with Gasteiger partial charge in [0, 0.05) is 23.2 Å². The van der Waals surface area contributed by atoms with Crippen molar-refractivity contribution in [3.63, 3.8) is 0 Å². The van der Waals surface area contributed by atoms with Gasteiger partial charge in [0.15, 0.2) is 17.4 Å². The number of carbonyl (C=O) groups excluding carboxylic acids is 1. The van der Waals surface area contributed by atoms with Crippen LogP contribution in [0.1, 0.15) is 24.4 Å². The van der Waals surface area contributed by atoms with Gasteiger partial charge in [0.25, 0.3) is 0 Å². The van der Waals surface area contributed by atoms with E-state index in [0.717, 1.165) is 12.1 Å². The molecule has 154 valence electrons. The fourth-order valence-corrected chi connectivity index (χ4v) is 4.00. The van der Waals surface area contributed by atoms with Crippen molar-refractivity contribution in [1.29, 1.82) is 0 Å². The molecule has 2 aliphatic rings. The Hall–Kier alpha value is -2.55. The standard InChI is InChI=1S/C19H14ClF5N2O2/c20-9-3-4-15-14(6-9)27-5-1-2-13(26-18(28)19(23,24)25)17(27)10-7-11(21)12(22)8-16(10)29-15/h3-4,6-8,13,17H,1-2,5H2,(H,26,28). The number of amides is 1. The summed E-state index contributed by atoms with van der Waals surface area (Å²) in [6, 6.07) is 4.50. The maximum Gasteiger partial charge on any atom is 0.471 e. The highest BCUT2D eigenvalue weighted by Crippen LogP contribution is 2.48. The second-order valence-corrected chi connectivity index (χ2v) is 7.31. The van der Waals surface area contributed by atoms with Gasteiger partial charge in [0.2, 0.25) is 0 Å². The summed E-state index contributed by atoms with van der Waals surface area (Å²) in [6.45, 7) is 0.401. The van der Waals surface area contributed by atoms with Crippen molar-refractivity contribution in [2.24, 2.45) is 0 Å². The van der Waals surface area contributed by atoms with Gasteiger partial charge in [-0.15, -0.1) is 0 Å². The van der Waals surface area contributed by atoms with Crippen LogP contribution in [0.25, 0.3) is 0 Å². The number of hydrogen-bond donors (Lipinski definition) is 1. The van der Waals surface area contributed by atoms with Crippen LogP contribution in [-0.4, -0.2) is 24.7 Å². The van der Waals surface area contributed by atoms with Gasteiger partial charge in [-0.25, -0.2) is 8.78 Å². The zero-order valence-corrected chi connectivity index (χ0v) is 15.5. The van der Waals surface area contributed by atoms with Gasteiger partial charge in [0.1, 0.15) is 5.75 Å². The number of anilines is 1. The Morgan fingerprint density at radius 3 is 2.59 bits per heavy atom. The van der Waals surface area contributed by atoms with E-state index >= 15 is 0 Å². The van der Waals surface area contributed by atoms with Crippen molar-refractivity contribution in [1.82, 2.24) is 5.32 Å². The molecule has 1 saturated heterocycles. The molecule has 2 unspecified atom stereocenters. The number of halogens is 6. The number of hydrogen-bond acceptors (Lipinski definition) is 3. The molecule has 4 nitrogen and oxygen atoms in total. The average Bonchev–Trinajstić information content (AvgIpc) is 2.77. The SMILES string of the molecule is O=C(NC1CCCN2c3cc(Cl)ccc3Oc3cc(F)c(F)cc3C12)C(F)(F)F. The van der Waals surface area contributed by atoms with E-state index in [-0.39, 0.29) is 17.7 Å². The van der Waals surface area contributed by atoms with Crippen LogP contribution in [0.4, 0.5) is 27.6 Å². The molecule has 4 rings (SSSR count). The first kappa shape index (κ1) is 19.8. The summed E-state index contributed by atoms with van der Waals surface area (Å²) < 4.78 is 72.2. The molecule has 1 fully saturated rings. The van der Waals surface area contributed by atoms with E-state index in [9.17, 15) is 26.7 Å². The molecule has 0 aliphatic carbocycles. The molecule has 2 aliphatic heterocycles. The van der Waals surface area contributed by atoms with Gasteiger partial charge >= 0.3 is 12.1 Å². The average molecular weight is 433 g/mol. The fourth-order valence-electron chi connectivity index (χ4n) is 3.84. The van der Waals surface area contributed by atoms with Gasteiger partial charge in [-0.05, 0) is 37.1 Å². The lowest BCUT2D eigenvalue weighted by molar-refractivity contribution is -0.174. The summed E-state index contributed by atoms with van der Waals surface area (Å²) in [6.07, 6.45) is -4.39. The van der Waals surface area contributed by atoms with Gasteiger partial charge in [-0.1, -0.05) is 11.6 Å². The number of carbonyl (C=O) groups is 1. The van der Waals surface area contributed by atoms with Crippen LogP contribution in [0.15, 0.2) is 30.3 Å². The third-order valence-electron chi connectivity index (χ3n) is 5.03. The molecule has 1 amide bonds. The van der Waals surface area contributed by atoms with Crippen molar-refractivity contribution < 1.29 is 31.5 Å². The summed E-state index contributed by atoms with van der Waals surface area (Å²) >= 11 is 6.08. The minimum absolute atomic E-state index is 0.0341. The van der Waals surface area contributed by atoms with Gasteiger partial charge in [0.05, 0.1) is 17.8 Å². The molecule has 0 aromatic heterocycles. The lowest BCUT2D eigenvalue weighted by atomic mass is 9.89. The van der Waals surface area contributed by atoms with E-state index in [1.54, 1.807) is 23.1 Å². The minimum Gasteiger partial charge on any atom is -0.455 e. The Kier molecular flexibility index (Phi) is 4.80. The quantitative estimate of drug-likeness (QED) is 0.636. The molecule has 2 heterocycles. The van der Waals surface area contributed by atoms with Crippen molar-refractivity contribution in [3.05, 3.63) is 52.6 Å². The fraction of sp³-hybridized carbons (Fsp3) is 0.316. The molecule has 0 saturated carbocycles. The molecule has 0 spiro atoms. The number of rotatable bonds is 1. The predicted octanol–water partition coefficient (Wildman–Crippen LogP) is 5.11. The lowest BCUT2D eigenvalue weighted by Gasteiger charge is -2.42. The molecule has 2 atom stereocenters. The Balaban J connectivity index is 1.86. The first-order chi connectivity index (χ1) is 13.6. The highest BCUT2D eigenvalue weighted by atomic mass is 35.5. The van der Waals surface area contributed by atoms with Gasteiger partial charge in [-0.2, -0.15) is 13.2 Å². The summed E-state index contributed by atoms with van der Waals surface area (Å²) in [5.74, 6) is -4.15. The van der Waals surface area contributed by atoms with E-state index in [1.165, 1.54) is 0 Å². The molecule has 10 heteroatoms. The maximum atomic E-state index is 14.0. The predicted molar refractivity (Wildman–Crippen MR) is 95.2 cm³/mol. The second-order valence-electron chi connectivity index (χ2n) is 6.88. The van der Waals surface area contributed by atoms with E-state index < -0.39 is 35.8 Å². The molecule has 2 aromatic carbocycles. The molecule has 0 radical (unpaired) electrons. The van der Waals surface area contributed by atoms with E-state index in [4.69, 9.17) is 16.3 Å². The van der Waals surface area contributed by atoms with Crippen LogP contribution in [0.3, 0.4) is 0 Å². The van der Waals surface area contributed by atoms with E-state index in [2.05, 4.69) is 0 Å². The Morgan fingerprint density at radius 1 is 1.14 bits per heavy atom. The third kappa shape index (κ3) is 3.59. The molecule has 1 N–H and O–H groups in total. The first-order valence-electron chi connectivity index (χ1n) is 8.76. The highest BCUT2D eigenvalue weighted by Gasteiger charge is 2.44. The summed E-state index contributed by atoms with van der Waals surface area (Å²) in [7, 11) is 0. The largest absolute Gasteiger partial charge is 0.471 e. The highest BCUT2D eigenvalue weighted by molar-refractivity contribution is 6.31. The first-order valence-corrected chi connectivity index (χ1v) is 9.13. The van der Waals surface area contributed by atoms with Gasteiger partial charge in [-0.3, -0.25) is 4.79 Å². The van der Waals surface area contributed by atoms with Crippen LogP contribution in [0.5, 0.6) is 11.5 Å². The van der Waals surface area contributed by atoms with E-state index in [1.807, 2.05) is 5.32 Å². The zero-order valence-electron chi connectivity index (χ0n) is 14.7. The molecular formula is C19H14ClF5N2O2. The number of benzene rings is 2. The summed E-state index contributed by atoms with van der Waals surface area (Å²) in [5.41, 5.74) is 0.605. The number of nitrogens with zero attached hydrogens (tertiary/aromatic N) is 1. The Bertz CT molecular complexity index is 982. The van der Waals surface area contributed by atoms with Crippen LogP contribution in [0.2, 0.25) is 5.02 Å². The monoisotopic (exact) mass is 432 g/mol. The van der Waals surface area contributed by atoms with Gasteiger partial charge < -0.3 is 15.0 Å². The number of ether oxygens (including phenoxy) is 1. The number of fused-ring (bicyclic) bond motifs is 5. The Labute approximate surface area is 167 Å². The number of piperidine rings is 1. The van der Waals surface area contributed by atoms with Crippen molar-refractivity contribution >= 4 is 23.2 Å². The Morgan fingerprint density at radius 2 is 1.86 bits per heavy atom. The number of alkyl halides is 3. The van der Waals surface area contributed by atoms with Crippen molar-refractivity contribution in [2.45, 2.75) is 31.1 Å². The normalized spacial score (nSPS) is 20.7. The minimum atomic E-state index is -5.07. The summed E-state index contributed by atoms with van der Waals surface area (Å²) in [5, 5.41) is 2.35. The van der Waals surface area contributed by atoms with Crippen molar-refractivity contribution in [3.8, 4) is 11.5 Å². The van der Waals surface area contributed by atoms with E-state index in [0.29, 0.717) is 29.4 Å². The smallest absolute Gasteiger partial charge is 0.455 e. The number of nitrogens with one attached hydrogen (secondary N) is 1. The lowest BCUT2D eigenvalue weighted by Crippen LogP contribution is -2.52. The topological polar surface area (TPSA) is 41.6 Å². The zero-order chi connectivity index (χ0) is 20.9. The molecule has 2 aromatic rings. The van der Waals surface area contributed by atoms with Crippen LogP contribution in [-0.2, 0) is 4.79 Å². The van der Waals surface area contributed by atoms with Crippen LogP contribution >= 0.6 is 11.6 Å². The second kappa shape index (κ2) is 7.05. The maximum absolute atomic E-state index is 14.0. The molecular weight excluding hydrogens is 419 g/mol. The summed E-state index contributed by atoms with van der Waals surface area (Å²) in [4.78, 5) is 13.3. The van der Waals surface area contributed by atoms with Crippen LogP contribution < -0.4 is 15.0 Å².